The van der Waals surface area contributed by atoms with Crippen molar-refractivity contribution >= 4 is 0 Å². The van der Waals surface area contributed by atoms with Gasteiger partial charge in [-0.2, -0.15) is 0 Å². The Morgan fingerprint density at radius 2 is 2.00 bits per heavy atom. The van der Waals surface area contributed by atoms with Crippen molar-refractivity contribution in [2.75, 3.05) is 20.0 Å². The molecule has 2 aliphatic rings. The lowest BCUT2D eigenvalue weighted by Crippen LogP contribution is -2.15. The van der Waals surface area contributed by atoms with Gasteiger partial charge in [0.2, 0.25) is 6.79 Å². The molecule has 2 aliphatic heterocycles. The highest BCUT2D eigenvalue weighted by Crippen LogP contribution is 2.36. The zero-order valence-electron chi connectivity index (χ0n) is 8.18. The van der Waals surface area contributed by atoms with Gasteiger partial charge in [-0.15, -0.1) is 0 Å². The van der Waals surface area contributed by atoms with E-state index in [0.29, 0.717) is 13.2 Å². The summed E-state index contributed by atoms with van der Waals surface area (Å²) < 4.78 is 15.7. The summed E-state index contributed by atoms with van der Waals surface area (Å²) >= 11 is 0. The lowest BCUT2D eigenvalue weighted by Gasteiger charge is -2.12. The van der Waals surface area contributed by atoms with Crippen LogP contribution in [0.1, 0.15) is 11.5 Å². The van der Waals surface area contributed by atoms with E-state index in [1.54, 1.807) is 0 Å². The van der Waals surface area contributed by atoms with E-state index >= 15 is 0 Å². The van der Waals surface area contributed by atoms with Crippen molar-refractivity contribution in [1.29, 1.82) is 0 Å². The molecule has 1 aromatic carbocycles. The first-order valence-corrected chi connectivity index (χ1v) is 5.00. The summed E-state index contributed by atoms with van der Waals surface area (Å²) in [6.45, 7) is 1.27. The average Bonchev–Trinajstić information content (AvgIpc) is 2.84. The molecule has 4 nitrogen and oxygen atoms in total. The zero-order chi connectivity index (χ0) is 10.3. The van der Waals surface area contributed by atoms with Crippen molar-refractivity contribution in [1.82, 2.24) is 0 Å². The Labute approximate surface area is 87.4 Å². The Morgan fingerprint density at radius 3 is 2.80 bits per heavy atom. The summed E-state index contributed by atoms with van der Waals surface area (Å²) in [5.41, 5.74) is 1.05. The van der Waals surface area contributed by atoms with E-state index in [1.165, 1.54) is 0 Å². The molecule has 2 atom stereocenters. The van der Waals surface area contributed by atoms with Crippen LogP contribution in [0.5, 0.6) is 11.5 Å². The van der Waals surface area contributed by atoms with E-state index in [4.69, 9.17) is 14.2 Å². The van der Waals surface area contributed by atoms with Gasteiger partial charge in [0.1, 0.15) is 0 Å². The highest BCUT2D eigenvalue weighted by Gasteiger charge is 2.28. The first-order chi connectivity index (χ1) is 7.34. The summed E-state index contributed by atoms with van der Waals surface area (Å²) in [7, 11) is 0. The molecule has 1 saturated heterocycles. The van der Waals surface area contributed by atoms with Crippen LogP contribution in [0.25, 0.3) is 0 Å². The molecule has 0 amide bonds. The van der Waals surface area contributed by atoms with Crippen LogP contribution in [-0.4, -0.2) is 31.2 Å². The van der Waals surface area contributed by atoms with Gasteiger partial charge in [0.05, 0.1) is 19.3 Å². The number of hydrogen-bond donors (Lipinski definition) is 1. The van der Waals surface area contributed by atoms with Gasteiger partial charge in [0.15, 0.2) is 11.5 Å². The molecule has 0 aliphatic carbocycles. The third-order valence-electron chi connectivity index (χ3n) is 2.88. The molecule has 4 heteroatoms. The normalized spacial score (nSPS) is 28.3. The molecule has 0 spiro atoms. The quantitative estimate of drug-likeness (QED) is 0.744. The maximum Gasteiger partial charge on any atom is 0.231 e. The van der Waals surface area contributed by atoms with Crippen LogP contribution in [0.4, 0.5) is 0 Å². The lowest BCUT2D eigenvalue weighted by atomic mass is 9.96. The number of aliphatic hydroxyl groups is 1. The smallest absolute Gasteiger partial charge is 0.231 e. The molecule has 15 heavy (non-hydrogen) atoms. The maximum absolute atomic E-state index is 9.69. The van der Waals surface area contributed by atoms with E-state index in [2.05, 4.69) is 0 Å². The third-order valence-corrected chi connectivity index (χ3v) is 2.88. The Hall–Kier alpha value is -1.26. The third kappa shape index (κ3) is 1.46. The summed E-state index contributed by atoms with van der Waals surface area (Å²) in [5, 5.41) is 9.69. The molecule has 80 valence electrons. The number of fused-ring (bicyclic) bond motifs is 1. The lowest BCUT2D eigenvalue weighted by molar-refractivity contribution is 0.124. The largest absolute Gasteiger partial charge is 0.454 e. The highest BCUT2D eigenvalue weighted by molar-refractivity contribution is 5.45. The predicted molar refractivity (Wildman–Crippen MR) is 52.1 cm³/mol. The standard InChI is InChI=1S/C11H12O4/c12-9-5-13-4-8(9)7-1-2-10-11(3-7)15-6-14-10/h1-3,8-9,12H,4-6H2/t8-,9+/m0/s1. The highest BCUT2D eigenvalue weighted by atomic mass is 16.7. The van der Waals surface area contributed by atoms with Gasteiger partial charge in [0, 0.05) is 5.92 Å². The van der Waals surface area contributed by atoms with Crippen LogP contribution in [-0.2, 0) is 4.74 Å². The molecule has 1 aromatic rings. The number of ether oxygens (including phenoxy) is 3. The fourth-order valence-corrected chi connectivity index (χ4v) is 2.01. The minimum Gasteiger partial charge on any atom is -0.454 e. The van der Waals surface area contributed by atoms with E-state index < -0.39 is 6.10 Å². The minimum absolute atomic E-state index is 0.0551. The van der Waals surface area contributed by atoms with Gasteiger partial charge in [-0.05, 0) is 17.7 Å². The Bertz CT molecular complexity index is 377. The van der Waals surface area contributed by atoms with Crippen LogP contribution in [0, 0.1) is 0 Å². The van der Waals surface area contributed by atoms with Crippen molar-refractivity contribution in [3.05, 3.63) is 23.8 Å². The van der Waals surface area contributed by atoms with Crippen LogP contribution < -0.4 is 9.47 Å². The first-order valence-electron chi connectivity index (χ1n) is 5.00. The van der Waals surface area contributed by atoms with Crippen molar-refractivity contribution in [3.63, 3.8) is 0 Å². The number of benzene rings is 1. The molecule has 0 aromatic heterocycles. The molecule has 0 unspecified atom stereocenters. The molecule has 0 bridgehead atoms. The van der Waals surface area contributed by atoms with Crippen molar-refractivity contribution in [2.24, 2.45) is 0 Å². The summed E-state index contributed by atoms with van der Waals surface area (Å²) in [5.74, 6) is 1.58. The minimum atomic E-state index is -0.412. The predicted octanol–water partition coefficient (Wildman–Crippen LogP) is 0.890. The number of rotatable bonds is 1. The molecular weight excluding hydrogens is 196 g/mol. The van der Waals surface area contributed by atoms with Crippen LogP contribution >= 0.6 is 0 Å². The first kappa shape index (κ1) is 9.00. The number of aliphatic hydroxyl groups excluding tert-OH is 1. The van der Waals surface area contributed by atoms with E-state index in [1.807, 2.05) is 18.2 Å². The maximum atomic E-state index is 9.69. The molecular formula is C11H12O4. The second-order valence-corrected chi connectivity index (χ2v) is 3.82. The molecule has 3 rings (SSSR count). The van der Waals surface area contributed by atoms with Gasteiger partial charge < -0.3 is 19.3 Å². The summed E-state index contributed by atoms with van der Waals surface area (Å²) in [6, 6.07) is 5.75. The van der Waals surface area contributed by atoms with Crippen molar-refractivity contribution < 1.29 is 19.3 Å². The van der Waals surface area contributed by atoms with Crippen molar-refractivity contribution in [2.45, 2.75) is 12.0 Å². The molecule has 1 N–H and O–H groups in total. The second-order valence-electron chi connectivity index (χ2n) is 3.82. The van der Waals surface area contributed by atoms with Gasteiger partial charge in [0.25, 0.3) is 0 Å². The average molecular weight is 208 g/mol. The molecule has 0 saturated carbocycles. The van der Waals surface area contributed by atoms with Crippen LogP contribution in [0.3, 0.4) is 0 Å². The van der Waals surface area contributed by atoms with Gasteiger partial charge in [-0.25, -0.2) is 0 Å². The molecule has 0 radical (unpaired) electrons. The second kappa shape index (κ2) is 3.40. The summed E-state index contributed by atoms with van der Waals surface area (Å²) in [6.07, 6.45) is -0.412. The Kier molecular flexibility index (Phi) is 2.04. The van der Waals surface area contributed by atoms with Gasteiger partial charge in [-0.3, -0.25) is 0 Å². The monoisotopic (exact) mass is 208 g/mol. The number of hydrogen-bond acceptors (Lipinski definition) is 4. The summed E-state index contributed by atoms with van der Waals surface area (Å²) in [4.78, 5) is 0. The van der Waals surface area contributed by atoms with Crippen LogP contribution in [0.2, 0.25) is 0 Å². The SMILES string of the molecule is O[C@@H]1COC[C@H]1c1ccc2c(c1)OCO2. The molecule has 1 fully saturated rings. The molecule has 2 heterocycles. The van der Waals surface area contributed by atoms with Crippen molar-refractivity contribution in [3.8, 4) is 11.5 Å². The topological polar surface area (TPSA) is 47.9 Å². The fraction of sp³-hybridized carbons (Fsp3) is 0.455. The van der Waals surface area contributed by atoms with E-state index in [9.17, 15) is 5.11 Å². The van der Waals surface area contributed by atoms with Crippen LogP contribution in [0.15, 0.2) is 18.2 Å². The van der Waals surface area contributed by atoms with E-state index in [-0.39, 0.29) is 12.7 Å². The Morgan fingerprint density at radius 1 is 1.13 bits per heavy atom. The van der Waals surface area contributed by atoms with E-state index in [0.717, 1.165) is 17.1 Å². The van der Waals surface area contributed by atoms with Gasteiger partial charge in [-0.1, -0.05) is 6.07 Å². The fourth-order valence-electron chi connectivity index (χ4n) is 2.01. The van der Waals surface area contributed by atoms with Gasteiger partial charge >= 0.3 is 0 Å². The zero-order valence-corrected chi connectivity index (χ0v) is 8.18. The Balaban J connectivity index is 1.92.